The summed E-state index contributed by atoms with van der Waals surface area (Å²) < 4.78 is 5.11. The largest absolute Gasteiger partial charge is 0.497 e. The second kappa shape index (κ2) is 7.08. The van der Waals surface area contributed by atoms with Crippen LogP contribution in [0.3, 0.4) is 0 Å². The van der Waals surface area contributed by atoms with E-state index in [4.69, 9.17) is 4.74 Å². The molecule has 0 spiro atoms. The monoisotopic (exact) mass is 291 g/mol. The van der Waals surface area contributed by atoms with E-state index in [1.54, 1.807) is 25.2 Å². The van der Waals surface area contributed by atoms with E-state index in [0.717, 1.165) is 19.4 Å². The van der Waals surface area contributed by atoms with Gasteiger partial charge in [-0.15, -0.1) is 0 Å². The standard InChI is InChI=1S/C15H21N3O3/c1-16-15(20)12-9-11(21-2)5-6-13(12)18-14(19)8-10-4-3-7-17-10/h5-6,9-10,17H,3-4,7-8H2,1-2H3,(H,16,20)(H,18,19). The number of carbonyl (C=O) groups excluding carboxylic acids is 2. The van der Waals surface area contributed by atoms with Gasteiger partial charge in [0.25, 0.3) is 5.91 Å². The summed E-state index contributed by atoms with van der Waals surface area (Å²) in [7, 11) is 3.09. The lowest BCUT2D eigenvalue weighted by atomic mass is 10.1. The first kappa shape index (κ1) is 15.3. The maximum atomic E-state index is 12.1. The first-order valence-corrected chi connectivity index (χ1v) is 7.07. The summed E-state index contributed by atoms with van der Waals surface area (Å²) in [5.74, 6) is 0.219. The van der Waals surface area contributed by atoms with Crippen molar-refractivity contribution >= 4 is 17.5 Å². The third-order valence-corrected chi connectivity index (χ3v) is 3.57. The van der Waals surface area contributed by atoms with Crippen molar-refractivity contribution in [1.29, 1.82) is 0 Å². The highest BCUT2D eigenvalue weighted by molar-refractivity contribution is 6.04. The fourth-order valence-corrected chi connectivity index (χ4v) is 2.44. The molecule has 1 aromatic carbocycles. The van der Waals surface area contributed by atoms with Crippen LogP contribution in [-0.4, -0.2) is 38.6 Å². The molecule has 6 nitrogen and oxygen atoms in total. The van der Waals surface area contributed by atoms with Crippen molar-refractivity contribution in [2.75, 3.05) is 26.0 Å². The van der Waals surface area contributed by atoms with Crippen LogP contribution < -0.4 is 20.7 Å². The minimum Gasteiger partial charge on any atom is -0.497 e. The van der Waals surface area contributed by atoms with Gasteiger partial charge in [0.05, 0.1) is 18.4 Å². The molecule has 1 aromatic rings. The minimum absolute atomic E-state index is 0.0929. The summed E-state index contributed by atoms with van der Waals surface area (Å²) in [5, 5.41) is 8.65. The van der Waals surface area contributed by atoms with Gasteiger partial charge in [-0.3, -0.25) is 9.59 Å². The molecule has 1 unspecified atom stereocenters. The van der Waals surface area contributed by atoms with Gasteiger partial charge in [0.2, 0.25) is 5.91 Å². The number of rotatable bonds is 5. The molecular formula is C15H21N3O3. The van der Waals surface area contributed by atoms with Crippen LogP contribution in [0.4, 0.5) is 5.69 Å². The lowest BCUT2D eigenvalue weighted by Crippen LogP contribution is -2.28. The highest BCUT2D eigenvalue weighted by Crippen LogP contribution is 2.22. The van der Waals surface area contributed by atoms with Gasteiger partial charge >= 0.3 is 0 Å². The van der Waals surface area contributed by atoms with E-state index >= 15 is 0 Å². The quantitative estimate of drug-likeness (QED) is 0.760. The Morgan fingerprint density at radius 3 is 2.86 bits per heavy atom. The zero-order chi connectivity index (χ0) is 15.2. The first-order chi connectivity index (χ1) is 10.1. The third kappa shape index (κ3) is 3.95. The molecule has 1 fully saturated rings. The van der Waals surface area contributed by atoms with Crippen molar-refractivity contribution in [3.05, 3.63) is 23.8 Å². The Hall–Kier alpha value is -2.08. The van der Waals surface area contributed by atoms with E-state index in [9.17, 15) is 9.59 Å². The van der Waals surface area contributed by atoms with Gasteiger partial charge in [0.15, 0.2) is 0 Å². The van der Waals surface area contributed by atoms with E-state index in [0.29, 0.717) is 23.4 Å². The van der Waals surface area contributed by atoms with Gasteiger partial charge in [-0.25, -0.2) is 0 Å². The number of anilines is 1. The summed E-state index contributed by atoms with van der Waals surface area (Å²) >= 11 is 0. The molecule has 1 saturated heterocycles. The fraction of sp³-hybridized carbons (Fsp3) is 0.467. The van der Waals surface area contributed by atoms with Crippen LogP contribution >= 0.6 is 0 Å². The smallest absolute Gasteiger partial charge is 0.253 e. The summed E-state index contributed by atoms with van der Waals surface area (Å²) in [6, 6.07) is 5.24. The summed E-state index contributed by atoms with van der Waals surface area (Å²) in [6.45, 7) is 0.962. The van der Waals surface area contributed by atoms with Crippen LogP contribution in [0.2, 0.25) is 0 Å². The highest BCUT2D eigenvalue weighted by Gasteiger charge is 2.19. The number of hydrogen-bond acceptors (Lipinski definition) is 4. The number of nitrogens with one attached hydrogen (secondary N) is 3. The number of carbonyl (C=O) groups is 2. The molecule has 3 N–H and O–H groups in total. The zero-order valence-electron chi connectivity index (χ0n) is 12.4. The summed E-state index contributed by atoms with van der Waals surface area (Å²) in [6.07, 6.45) is 2.53. The minimum atomic E-state index is -0.261. The molecule has 0 bridgehead atoms. The van der Waals surface area contributed by atoms with E-state index in [2.05, 4.69) is 16.0 Å². The van der Waals surface area contributed by atoms with Crippen LogP contribution in [0.25, 0.3) is 0 Å². The lowest BCUT2D eigenvalue weighted by Gasteiger charge is -2.14. The summed E-state index contributed by atoms with van der Waals surface area (Å²) in [4.78, 5) is 24.0. The Bertz CT molecular complexity index is 525. The van der Waals surface area contributed by atoms with E-state index in [1.807, 2.05) is 0 Å². The molecule has 0 aromatic heterocycles. The normalized spacial score (nSPS) is 17.3. The van der Waals surface area contributed by atoms with E-state index in [-0.39, 0.29) is 17.9 Å². The molecule has 1 heterocycles. The van der Waals surface area contributed by atoms with Crippen molar-refractivity contribution in [2.45, 2.75) is 25.3 Å². The molecule has 21 heavy (non-hydrogen) atoms. The van der Waals surface area contributed by atoms with E-state index in [1.165, 1.54) is 7.11 Å². The predicted octanol–water partition coefficient (Wildman–Crippen LogP) is 1.14. The molecule has 0 radical (unpaired) electrons. The average molecular weight is 291 g/mol. The summed E-state index contributed by atoms with van der Waals surface area (Å²) in [5.41, 5.74) is 0.891. The molecule has 2 rings (SSSR count). The molecule has 1 atom stereocenters. The maximum absolute atomic E-state index is 12.1. The third-order valence-electron chi connectivity index (χ3n) is 3.57. The van der Waals surface area contributed by atoms with Crippen LogP contribution in [0, 0.1) is 0 Å². The zero-order valence-corrected chi connectivity index (χ0v) is 12.4. The molecule has 1 aliphatic heterocycles. The van der Waals surface area contributed by atoms with Crippen molar-refractivity contribution < 1.29 is 14.3 Å². The van der Waals surface area contributed by atoms with Crippen molar-refractivity contribution in [1.82, 2.24) is 10.6 Å². The van der Waals surface area contributed by atoms with Crippen molar-refractivity contribution in [2.24, 2.45) is 0 Å². The van der Waals surface area contributed by atoms with Crippen LogP contribution in [0.1, 0.15) is 29.6 Å². The molecular weight excluding hydrogens is 270 g/mol. The number of amides is 2. The second-order valence-electron chi connectivity index (χ2n) is 5.04. The topological polar surface area (TPSA) is 79.5 Å². The van der Waals surface area contributed by atoms with Crippen LogP contribution in [-0.2, 0) is 4.79 Å². The van der Waals surface area contributed by atoms with Gasteiger partial charge in [0, 0.05) is 19.5 Å². The Kier molecular flexibility index (Phi) is 5.16. The second-order valence-corrected chi connectivity index (χ2v) is 5.04. The van der Waals surface area contributed by atoms with Crippen LogP contribution in [0.15, 0.2) is 18.2 Å². The van der Waals surface area contributed by atoms with E-state index < -0.39 is 0 Å². The number of methoxy groups -OCH3 is 1. The van der Waals surface area contributed by atoms with Crippen LogP contribution in [0.5, 0.6) is 5.75 Å². The Morgan fingerprint density at radius 2 is 2.24 bits per heavy atom. The van der Waals surface area contributed by atoms with Gasteiger partial charge in [-0.1, -0.05) is 0 Å². The average Bonchev–Trinajstić information content (AvgIpc) is 2.99. The molecule has 6 heteroatoms. The lowest BCUT2D eigenvalue weighted by molar-refractivity contribution is -0.116. The fourth-order valence-electron chi connectivity index (χ4n) is 2.44. The Morgan fingerprint density at radius 1 is 1.43 bits per heavy atom. The highest BCUT2D eigenvalue weighted by atomic mass is 16.5. The Balaban J connectivity index is 2.10. The van der Waals surface area contributed by atoms with Gasteiger partial charge < -0.3 is 20.7 Å². The van der Waals surface area contributed by atoms with Crippen molar-refractivity contribution in [3.8, 4) is 5.75 Å². The van der Waals surface area contributed by atoms with Gasteiger partial charge in [-0.05, 0) is 37.6 Å². The maximum Gasteiger partial charge on any atom is 0.253 e. The molecule has 0 saturated carbocycles. The van der Waals surface area contributed by atoms with Crippen molar-refractivity contribution in [3.63, 3.8) is 0 Å². The van der Waals surface area contributed by atoms with Gasteiger partial charge in [0.1, 0.15) is 5.75 Å². The predicted molar refractivity (Wildman–Crippen MR) is 80.7 cm³/mol. The van der Waals surface area contributed by atoms with Gasteiger partial charge in [-0.2, -0.15) is 0 Å². The SMILES string of the molecule is CNC(=O)c1cc(OC)ccc1NC(=O)CC1CCCN1. The first-order valence-electron chi connectivity index (χ1n) is 7.07. The molecule has 1 aliphatic rings. The Labute approximate surface area is 124 Å². The number of benzene rings is 1. The molecule has 0 aliphatic carbocycles. The molecule has 2 amide bonds. The number of hydrogen-bond donors (Lipinski definition) is 3. The number of ether oxygens (including phenoxy) is 1. The molecule has 114 valence electrons.